The Morgan fingerprint density at radius 1 is 1.19 bits per heavy atom. The Kier molecular flexibility index (Phi) is 3.70. The molecule has 0 saturated heterocycles. The Bertz CT molecular complexity index is 498. The molecule has 0 aliphatic heterocycles. The van der Waals surface area contributed by atoms with E-state index >= 15 is 0 Å². The molecular formula is C13H12OS2. The van der Waals surface area contributed by atoms with Crippen LogP contribution in [-0.2, 0) is 10.8 Å². The number of hydrogen-bond acceptors (Lipinski definition) is 2. The molecule has 16 heavy (non-hydrogen) atoms. The summed E-state index contributed by atoms with van der Waals surface area (Å²) in [6.45, 7) is 0. The molecule has 82 valence electrons. The lowest BCUT2D eigenvalue weighted by Gasteiger charge is -2.04. The van der Waals surface area contributed by atoms with Crippen LogP contribution < -0.4 is 0 Å². The van der Waals surface area contributed by atoms with E-state index in [0.717, 1.165) is 16.0 Å². The van der Waals surface area contributed by atoms with Crippen LogP contribution in [0, 0.1) is 0 Å². The Morgan fingerprint density at radius 2 is 1.94 bits per heavy atom. The highest BCUT2D eigenvalue weighted by atomic mass is 32.2. The second-order valence-electron chi connectivity index (χ2n) is 3.37. The molecule has 1 atom stereocenters. The van der Waals surface area contributed by atoms with E-state index < -0.39 is 10.8 Å². The summed E-state index contributed by atoms with van der Waals surface area (Å²) in [5.41, 5.74) is 2.16. The van der Waals surface area contributed by atoms with E-state index in [2.05, 4.69) is 6.07 Å². The molecule has 3 heteroatoms. The fourth-order valence-corrected chi connectivity index (χ4v) is 2.92. The van der Waals surface area contributed by atoms with Crippen LogP contribution in [0.3, 0.4) is 0 Å². The first-order chi connectivity index (χ1) is 7.77. The Balaban J connectivity index is 2.49. The van der Waals surface area contributed by atoms with Crippen molar-refractivity contribution >= 4 is 27.7 Å². The highest BCUT2D eigenvalue weighted by Gasteiger charge is 2.06. The molecule has 0 aliphatic rings. The third-order valence-electron chi connectivity index (χ3n) is 2.16. The van der Waals surface area contributed by atoms with E-state index in [1.54, 1.807) is 23.0 Å². The first-order valence-corrected chi connectivity index (χ1v) is 7.41. The maximum Gasteiger partial charge on any atom is 0.0431 e. The topological polar surface area (TPSA) is 17.1 Å². The zero-order chi connectivity index (χ0) is 11.4. The number of thiophene rings is 1. The van der Waals surface area contributed by atoms with Gasteiger partial charge in [-0.1, -0.05) is 36.4 Å². The van der Waals surface area contributed by atoms with Gasteiger partial charge in [0.25, 0.3) is 0 Å². The molecule has 1 unspecified atom stereocenters. The molecule has 0 N–H and O–H groups in total. The van der Waals surface area contributed by atoms with Crippen molar-refractivity contribution in [2.24, 2.45) is 0 Å². The smallest absolute Gasteiger partial charge is 0.0431 e. The van der Waals surface area contributed by atoms with Crippen LogP contribution in [0.1, 0.15) is 10.4 Å². The van der Waals surface area contributed by atoms with E-state index in [4.69, 9.17) is 0 Å². The normalized spacial score (nSPS) is 13.7. The highest BCUT2D eigenvalue weighted by molar-refractivity contribution is 7.87. The van der Waals surface area contributed by atoms with Crippen LogP contribution in [0.5, 0.6) is 0 Å². The van der Waals surface area contributed by atoms with Gasteiger partial charge >= 0.3 is 0 Å². The predicted molar refractivity (Wildman–Crippen MR) is 71.9 cm³/mol. The van der Waals surface area contributed by atoms with Gasteiger partial charge in [0.15, 0.2) is 0 Å². The fourth-order valence-electron chi connectivity index (χ4n) is 1.48. The summed E-state index contributed by atoms with van der Waals surface area (Å²) in [4.78, 5) is 1.15. The molecule has 1 heterocycles. The van der Waals surface area contributed by atoms with E-state index in [9.17, 15) is 4.21 Å². The lowest BCUT2D eigenvalue weighted by Crippen LogP contribution is -1.87. The third-order valence-corrected chi connectivity index (χ3v) is 3.63. The van der Waals surface area contributed by atoms with E-state index in [1.807, 2.05) is 41.8 Å². The molecule has 1 aromatic heterocycles. The predicted octanol–water partition coefficient (Wildman–Crippen LogP) is 3.52. The number of hydrogen-bond donors (Lipinski definition) is 0. The minimum atomic E-state index is -0.936. The molecule has 0 fully saturated rings. The van der Waals surface area contributed by atoms with Gasteiger partial charge in [0.2, 0.25) is 0 Å². The Morgan fingerprint density at radius 3 is 2.50 bits per heavy atom. The first-order valence-electron chi connectivity index (χ1n) is 4.91. The zero-order valence-electron chi connectivity index (χ0n) is 8.92. The summed E-state index contributed by atoms with van der Waals surface area (Å²) in [5.74, 6) is 0. The maximum absolute atomic E-state index is 11.4. The van der Waals surface area contributed by atoms with Crippen molar-refractivity contribution in [1.29, 1.82) is 0 Å². The molecule has 1 aromatic carbocycles. The Hall–Kier alpha value is -1.19. The van der Waals surface area contributed by atoms with Crippen molar-refractivity contribution in [3.63, 3.8) is 0 Å². The van der Waals surface area contributed by atoms with Gasteiger partial charge in [0, 0.05) is 32.9 Å². The van der Waals surface area contributed by atoms with Crippen molar-refractivity contribution in [2.45, 2.75) is 0 Å². The van der Waals surface area contributed by atoms with E-state index in [0.29, 0.717) is 0 Å². The number of rotatable bonds is 3. The fraction of sp³-hybridized carbons (Fsp3) is 0.0769. The molecule has 2 rings (SSSR count). The summed E-state index contributed by atoms with van der Waals surface area (Å²) in [6, 6.07) is 14.1. The molecule has 0 spiro atoms. The largest absolute Gasteiger partial charge is 0.255 e. The molecule has 1 nitrogen and oxygen atoms in total. The van der Waals surface area contributed by atoms with Gasteiger partial charge < -0.3 is 0 Å². The van der Waals surface area contributed by atoms with Gasteiger partial charge in [0.05, 0.1) is 0 Å². The maximum atomic E-state index is 11.4. The summed E-state index contributed by atoms with van der Waals surface area (Å²) in [6.07, 6.45) is 1.69. The molecule has 2 aromatic rings. The monoisotopic (exact) mass is 248 g/mol. The van der Waals surface area contributed by atoms with Crippen molar-refractivity contribution in [1.82, 2.24) is 0 Å². The van der Waals surface area contributed by atoms with Crippen LogP contribution in [0.2, 0.25) is 0 Å². The van der Waals surface area contributed by atoms with Gasteiger partial charge in [0.1, 0.15) is 0 Å². The van der Waals surface area contributed by atoms with Gasteiger partial charge in [-0.15, -0.1) is 11.3 Å². The molecular weight excluding hydrogens is 236 g/mol. The van der Waals surface area contributed by atoms with Crippen LogP contribution >= 0.6 is 11.3 Å². The lowest BCUT2D eigenvalue weighted by atomic mass is 10.1. The molecule has 0 aliphatic carbocycles. The molecule has 0 bridgehead atoms. The summed E-state index contributed by atoms with van der Waals surface area (Å²) < 4.78 is 11.4. The third kappa shape index (κ3) is 2.68. The second kappa shape index (κ2) is 5.23. The van der Waals surface area contributed by atoms with Crippen LogP contribution in [-0.4, -0.2) is 10.5 Å². The quantitative estimate of drug-likeness (QED) is 0.812. The van der Waals surface area contributed by atoms with Crippen molar-refractivity contribution in [3.05, 3.63) is 63.7 Å². The van der Waals surface area contributed by atoms with Crippen LogP contribution in [0.4, 0.5) is 0 Å². The summed E-state index contributed by atoms with van der Waals surface area (Å²) >= 11 is 1.67. The summed E-state index contributed by atoms with van der Waals surface area (Å²) in [5, 5.41) is 3.84. The van der Waals surface area contributed by atoms with Crippen LogP contribution in [0.15, 0.2) is 53.3 Å². The lowest BCUT2D eigenvalue weighted by molar-refractivity contribution is 0.692. The Labute approximate surface area is 102 Å². The van der Waals surface area contributed by atoms with Gasteiger partial charge in [-0.3, -0.25) is 4.21 Å². The van der Waals surface area contributed by atoms with Gasteiger partial charge in [-0.25, -0.2) is 0 Å². The minimum absolute atomic E-state index is 0.936. The molecule has 0 radical (unpaired) electrons. The van der Waals surface area contributed by atoms with Gasteiger partial charge in [-0.2, -0.15) is 0 Å². The highest BCUT2D eigenvalue weighted by Crippen LogP contribution is 2.27. The minimum Gasteiger partial charge on any atom is -0.255 e. The molecule has 0 saturated carbocycles. The summed E-state index contributed by atoms with van der Waals surface area (Å²) in [7, 11) is -0.936. The average molecular weight is 248 g/mol. The molecule has 0 amide bonds. The zero-order valence-corrected chi connectivity index (χ0v) is 10.6. The van der Waals surface area contributed by atoms with Crippen molar-refractivity contribution in [3.8, 4) is 0 Å². The average Bonchev–Trinajstić information content (AvgIpc) is 2.80. The SMILES string of the molecule is CS(=O)/C=C(\c1ccccc1)c1cccs1. The van der Waals surface area contributed by atoms with Crippen LogP contribution in [0.25, 0.3) is 5.57 Å². The first kappa shape index (κ1) is 11.3. The van der Waals surface area contributed by atoms with E-state index in [-0.39, 0.29) is 0 Å². The second-order valence-corrected chi connectivity index (χ2v) is 5.55. The van der Waals surface area contributed by atoms with Crippen molar-refractivity contribution in [2.75, 3.05) is 6.26 Å². The van der Waals surface area contributed by atoms with Gasteiger partial charge in [-0.05, 0) is 17.0 Å². The standard InChI is InChI=1S/C13H12OS2/c1-16(14)10-12(13-8-5-9-15-13)11-6-3-2-4-7-11/h2-10H,1H3/b12-10+. The number of benzene rings is 1. The van der Waals surface area contributed by atoms with Crippen molar-refractivity contribution < 1.29 is 4.21 Å². The van der Waals surface area contributed by atoms with E-state index in [1.165, 1.54) is 0 Å².